The van der Waals surface area contributed by atoms with Crippen LogP contribution < -0.4 is 4.74 Å². The number of halogens is 4. The van der Waals surface area contributed by atoms with Gasteiger partial charge >= 0.3 is 6.18 Å². The van der Waals surface area contributed by atoms with Gasteiger partial charge in [-0.15, -0.1) is 0 Å². The van der Waals surface area contributed by atoms with E-state index in [2.05, 4.69) is 4.98 Å². The van der Waals surface area contributed by atoms with Crippen molar-refractivity contribution in [2.24, 2.45) is 0 Å². The second-order valence-electron chi connectivity index (χ2n) is 3.72. The van der Waals surface area contributed by atoms with Crippen molar-refractivity contribution in [3.63, 3.8) is 0 Å². The molecule has 0 aliphatic heterocycles. The zero-order chi connectivity index (χ0) is 13.9. The Morgan fingerprint density at radius 1 is 1.11 bits per heavy atom. The van der Waals surface area contributed by atoms with Crippen molar-refractivity contribution in [2.75, 3.05) is 0 Å². The monoisotopic (exact) mass is 287 g/mol. The van der Waals surface area contributed by atoms with Gasteiger partial charge < -0.3 is 4.74 Å². The Bertz CT molecular complexity index is 558. The van der Waals surface area contributed by atoms with Gasteiger partial charge in [-0.1, -0.05) is 29.8 Å². The van der Waals surface area contributed by atoms with E-state index >= 15 is 0 Å². The molecule has 2 nitrogen and oxygen atoms in total. The largest absolute Gasteiger partial charge is 0.487 e. The number of hydrogen-bond acceptors (Lipinski definition) is 2. The molecule has 0 aliphatic carbocycles. The van der Waals surface area contributed by atoms with Crippen LogP contribution in [0.2, 0.25) is 5.02 Å². The predicted octanol–water partition coefficient (Wildman–Crippen LogP) is 4.33. The molecular weight excluding hydrogens is 279 g/mol. The van der Waals surface area contributed by atoms with Crippen LogP contribution >= 0.6 is 11.6 Å². The summed E-state index contributed by atoms with van der Waals surface area (Å²) in [5.74, 6) is 0.540. The number of pyridine rings is 1. The highest BCUT2D eigenvalue weighted by Gasteiger charge is 2.34. The van der Waals surface area contributed by atoms with E-state index in [0.29, 0.717) is 5.75 Å². The molecule has 100 valence electrons. The third-order valence-electron chi connectivity index (χ3n) is 2.39. The van der Waals surface area contributed by atoms with E-state index in [1.807, 2.05) is 6.07 Å². The van der Waals surface area contributed by atoms with Crippen LogP contribution in [0.4, 0.5) is 13.2 Å². The van der Waals surface area contributed by atoms with Crippen LogP contribution in [-0.2, 0) is 12.8 Å². The van der Waals surface area contributed by atoms with Gasteiger partial charge in [0.1, 0.15) is 12.4 Å². The summed E-state index contributed by atoms with van der Waals surface area (Å²) >= 11 is 5.70. The first-order valence-corrected chi connectivity index (χ1v) is 5.74. The number of alkyl halides is 3. The van der Waals surface area contributed by atoms with Crippen LogP contribution in [-0.4, -0.2) is 4.98 Å². The van der Waals surface area contributed by atoms with Crippen molar-refractivity contribution in [3.8, 4) is 5.75 Å². The van der Waals surface area contributed by atoms with Gasteiger partial charge in [0, 0.05) is 6.20 Å². The fourth-order valence-electron chi connectivity index (χ4n) is 1.48. The number of nitrogens with zero attached hydrogens (tertiary/aromatic N) is 1. The molecule has 0 unspecified atom stereocenters. The number of hydrogen-bond donors (Lipinski definition) is 0. The van der Waals surface area contributed by atoms with Crippen molar-refractivity contribution < 1.29 is 17.9 Å². The third-order valence-corrected chi connectivity index (χ3v) is 2.81. The smallest absolute Gasteiger partial charge is 0.417 e. The molecule has 0 saturated heterocycles. The first-order chi connectivity index (χ1) is 8.98. The Hall–Kier alpha value is -1.75. The Morgan fingerprint density at radius 3 is 2.42 bits per heavy atom. The number of aromatic nitrogens is 1. The average molecular weight is 288 g/mol. The summed E-state index contributed by atoms with van der Waals surface area (Å²) in [5, 5.41) is -0.425. The Balaban J connectivity index is 2.18. The Morgan fingerprint density at radius 2 is 1.79 bits per heavy atom. The second-order valence-corrected chi connectivity index (χ2v) is 4.10. The molecule has 0 atom stereocenters. The van der Waals surface area contributed by atoms with Crippen molar-refractivity contribution in [1.29, 1.82) is 0 Å². The van der Waals surface area contributed by atoms with Crippen molar-refractivity contribution in [3.05, 3.63) is 58.9 Å². The van der Waals surface area contributed by atoms with Gasteiger partial charge in [0.05, 0.1) is 16.3 Å². The molecule has 6 heteroatoms. The lowest BCUT2D eigenvalue weighted by atomic mass is 10.2. The number of benzene rings is 1. The number of para-hydroxylation sites is 1. The van der Waals surface area contributed by atoms with Crippen molar-refractivity contribution >= 4 is 11.6 Å². The van der Waals surface area contributed by atoms with E-state index in [1.165, 1.54) is 0 Å². The van der Waals surface area contributed by atoms with Crippen molar-refractivity contribution in [2.45, 2.75) is 12.8 Å². The minimum absolute atomic E-state index is 0.0559. The van der Waals surface area contributed by atoms with Gasteiger partial charge in [0.25, 0.3) is 0 Å². The van der Waals surface area contributed by atoms with Crippen LogP contribution in [0.3, 0.4) is 0 Å². The predicted molar refractivity (Wildman–Crippen MR) is 65.0 cm³/mol. The molecule has 1 heterocycles. The maximum absolute atomic E-state index is 12.6. The minimum atomic E-state index is -4.50. The number of ether oxygens (including phenoxy) is 1. The van der Waals surface area contributed by atoms with Gasteiger partial charge in [-0.3, -0.25) is 4.98 Å². The summed E-state index contributed by atoms with van der Waals surface area (Å²) in [5.41, 5.74) is -0.851. The molecule has 1 aromatic heterocycles. The summed E-state index contributed by atoms with van der Waals surface area (Å²) < 4.78 is 43.2. The zero-order valence-electron chi connectivity index (χ0n) is 9.62. The fraction of sp³-hybridized carbons (Fsp3) is 0.154. The van der Waals surface area contributed by atoms with Gasteiger partial charge in [-0.25, -0.2) is 0 Å². The van der Waals surface area contributed by atoms with E-state index < -0.39 is 16.8 Å². The molecule has 0 aliphatic rings. The molecule has 0 bridgehead atoms. The van der Waals surface area contributed by atoms with Crippen LogP contribution in [0.25, 0.3) is 0 Å². The molecule has 0 spiro atoms. The summed E-state index contributed by atoms with van der Waals surface area (Å²) in [6.07, 6.45) is -3.43. The van der Waals surface area contributed by atoms with Crippen LogP contribution in [0.5, 0.6) is 5.75 Å². The third kappa shape index (κ3) is 3.38. The SMILES string of the molecule is FC(F)(F)c1ccnc(COc2ccccc2)c1Cl. The van der Waals surface area contributed by atoms with Gasteiger partial charge in [0.2, 0.25) is 0 Å². The summed E-state index contributed by atoms with van der Waals surface area (Å²) in [6.45, 7) is -0.118. The van der Waals surface area contributed by atoms with Gasteiger partial charge in [-0.2, -0.15) is 13.2 Å². The molecule has 19 heavy (non-hydrogen) atoms. The molecule has 2 rings (SSSR count). The van der Waals surface area contributed by atoms with Crippen LogP contribution in [0.15, 0.2) is 42.6 Å². The first-order valence-electron chi connectivity index (χ1n) is 5.37. The van der Waals surface area contributed by atoms with E-state index in [4.69, 9.17) is 16.3 Å². The van der Waals surface area contributed by atoms with E-state index in [-0.39, 0.29) is 12.3 Å². The lowest BCUT2D eigenvalue weighted by Gasteiger charge is -2.12. The second kappa shape index (κ2) is 5.48. The summed E-state index contributed by atoms with van der Waals surface area (Å²) in [4.78, 5) is 3.81. The molecule has 0 saturated carbocycles. The molecule has 0 radical (unpaired) electrons. The summed E-state index contributed by atoms with van der Waals surface area (Å²) in [7, 11) is 0. The van der Waals surface area contributed by atoms with Gasteiger partial charge in [0.15, 0.2) is 0 Å². The number of rotatable bonds is 3. The van der Waals surface area contributed by atoms with Crippen LogP contribution in [0.1, 0.15) is 11.3 Å². The van der Waals surface area contributed by atoms with Crippen molar-refractivity contribution in [1.82, 2.24) is 4.98 Å². The molecule has 0 fully saturated rings. The zero-order valence-corrected chi connectivity index (χ0v) is 10.4. The summed E-state index contributed by atoms with van der Waals surface area (Å²) in [6, 6.07) is 9.56. The minimum Gasteiger partial charge on any atom is -0.487 e. The fourth-order valence-corrected chi connectivity index (χ4v) is 1.75. The first kappa shape index (κ1) is 13.7. The lowest BCUT2D eigenvalue weighted by molar-refractivity contribution is -0.137. The molecule has 2 aromatic rings. The van der Waals surface area contributed by atoms with E-state index in [0.717, 1.165) is 12.3 Å². The molecule has 1 aromatic carbocycles. The van der Waals surface area contributed by atoms with E-state index in [9.17, 15) is 13.2 Å². The topological polar surface area (TPSA) is 22.1 Å². The van der Waals surface area contributed by atoms with Gasteiger partial charge in [-0.05, 0) is 18.2 Å². The molecule has 0 amide bonds. The normalized spacial score (nSPS) is 11.4. The van der Waals surface area contributed by atoms with Crippen LogP contribution in [0, 0.1) is 0 Å². The lowest BCUT2D eigenvalue weighted by Crippen LogP contribution is -2.09. The van der Waals surface area contributed by atoms with E-state index in [1.54, 1.807) is 24.3 Å². The highest BCUT2D eigenvalue weighted by atomic mass is 35.5. The standard InChI is InChI=1S/C13H9ClF3NO/c14-12-10(13(15,16)17)6-7-18-11(12)8-19-9-4-2-1-3-5-9/h1-7H,8H2. The average Bonchev–Trinajstić information content (AvgIpc) is 2.37. The highest BCUT2D eigenvalue weighted by Crippen LogP contribution is 2.35. The quantitative estimate of drug-likeness (QED) is 0.838. The highest BCUT2D eigenvalue weighted by molar-refractivity contribution is 6.32. The Labute approximate surface area is 112 Å². The molecular formula is C13H9ClF3NO. The maximum atomic E-state index is 12.6. The molecule has 0 N–H and O–H groups in total. The Kier molecular flexibility index (Phi) is 3.95. The maximum Gasteiger partial charge on any atom is 0.417 e.